The van der Waals surface area contributed by atoms with Crippen LogP contribution in [0.1, 0.15) is 50.2 Å². The summed E-state index contributed by atoms with van der Waals surface area (Å²) in [5.41, 5.74) is 1.27. The first-order valence-corrected chi connectivity index (χ1v) is 12.1. The number of nitrogens with zero attached hydrogens (tertiary/aromatic N) is 3. The van der Waals surface area contributed by atoms with Crippen LogP contribution in [-0.2, 0) is 16.1 Å². The number of hydrogen-bond acceptors (Lipinski definition) is 4. The summed E-state index contributed by atoms with van der Waals surface area (Å²) in [5, 5.41) is 11.1. The second kappa shape index (κ2) is 10.1. The van der Waals surface area contributed by atoms with Gasteiger partial charge in [-0.05, 0) is 35.6 Å². The van der Waals surface area contributed by atoms with E-state index < -0.39 is 17.4 Å². The SMILES string of the molecule is CC(=O)N1CCC(NC(=O)[C@@H](NC(=O)c2nn(Cc3ccc(F)cc3)c3ccccc23)C(C)(C)C)C1. The van der Waals surface area contributed by atoms with E-state index in [0.717, 1.165) is 11.1 Å². The van der Waals surface area contributed by atoms with Gasteiger partial charge in [0.2, 0.25) is 11.8 Å². The molecule has 0 aliphatic carbocycles. The number of carbonyl (C=O) groups excluding carboxylic acids is 3. The number of hydrogen-bond donors (Lipinski definition) is 2. The lowest BCUT2D eigenvalue weighted by Crippen LogP contribution is -2.55. The molecule has 2 heterocycles. The zero-order valence-electron chi connectivity index (χ0n) is 21.0. The topological polar surface area (TPSA) is 96.3 Å². The number of benzene rings is 2. The first-order chi connectivity index (χ1) is 17.0. The Labute approximate surface area is 209 Å². The highest BCUT2D eigenvalue weighted by Gasteiger charge is 2.36. The Morgan fingerprint density at radius 2 is 1.81 bits per heavy atom. The number of para-hydroxylation sites is 1. The Kier molecular flexibility index (Phi) is 7.10. The number of aromatic nitrogens is 2. The van der Waals surface area contributed by atoms with Crippen molar-refractivity contribution < 1.29 is 18.8 Å². The van der Waals surface area contributed by atoms with Crippen LogP contribution < -0.4 is 10.6 Å². The van der Waals surface area contributed by atoms with Crippen LogP contribution in [0.15, 0.2) is 48.5 Å². The molecule has 2 aromatic carbocycles. The summed E-state index contributed by atoms with van der Waals surface area (Å²) in [4.78, 5) is 40.0. The molecule has 0 spiro atoms. The third-order valence-corrected chi connectivity index (χ3v) is 6.50. The Morgan fingerprint density at radius 3 is 2.44 bits per heavy atom. The van der Waals surface area contributed by atoms with Crippen LogP contribution in [0.2, 0.25) is 0 Å². The van der Waals surface area contributed by atoms with E-state index in [9.17, 15) is 18.8 Å². The molecular formula is C27H32FN5O3. The first kappa shape index (κ1) is 25.3. The molecule has 1 aliphatic heterocycles. The van der Waals surface area contributed by atoms with Crippen molar-refractivity contribution in [2.45, 2.75) is 52.7 Å². The molecule has 9 heteroatoms. The number of likely N-dealkylation sites (tertiary alicyclic amines) is 1. The van der Waals surface area contributed by atoms with Crippen LogP contribution in [0.3, 0.4) is 0 Å². The second-order valence-electron chi connectivity index (χ2n) is 10.4. The predicted octanol–water partition coefficient (Wildman–Crippen LogP) is 3.11. The minimum absolute atomic E-state index is 0.0180. The average Bonchev–Trinajstić information content (AvgIpc) is 3.43. The van der Waals surface area contributed by atoms with E-state index in [0.29, 0.717) is 31.4 Å². The molecule has 1 fully saturated rings. The minimum Gasteiger partial charge on any atom is -0.350 e. The highest BCUT2D eigenvalue weighted by Crippen LogP contribution is 2.23. The normalized spacial score (nSPS) is 16.7. The number of fused-ring (bicyclic) bond motifs is 1. The molecule has 0 radical (unpaired) electrons. The van der Waals surface area contributed by atoms with E-state index in [2.05, 4.69) is 15.7 Å². The molecule has 1 saturated heterocycles. The highest BCUT2D eigenvalue weighted by molar-refractivity contribution is 6.06. The van der Waals surface area contributed by atoms with Crippen LogP contribution in [0.5, 0.6) is 0 Å². The summed E-state index contributed by atoms with van der Waals surface area (Å²) >= 11 is 0. The number of amides is 3. The molecule has 36 heavy (non-hydrogen) atoms. The maximum Gasteiger partial charge on any atom is 0.273 e. The summed E-state index contributed by atoms with van der Waals surface area (Å²) < 4.78 is 15.0. The molecule has 1 unspecified atom stereocenters. The molecule has 3 aromatic rings. The molecule has 0 saturated carbocycles. The average molecular weight is 494 g/mol. The van der Waals surface area contributed by atoms with Gasteiger partial charge < -0.3 is 15.5 Å². The number of nitrogens with one attached hydrogen (secondary N) is 2. The smallest absolute Gasteiger partial charge is 0.273 e. The van der Waals surface area contributed by atoms with E-state index in [1.54, 1.807) is 21.7 Å². The Bertz CT molecular complexity index is 1280. The van der Waals surface area contributed by atoms with E-state index >= 15 is 0 Å². The van der Waals surface area contributed by atoms with Gasteiger partial charge in [-0.25, -0.2) is 4.39 Å². The second-order valence-corrected chi connectivity index (χ2v) is 10.4. The Hall–Kier alpha value is -3.75. The fourth-order valence-electron chi connectivity index (χ4n) is 4.50. The fraction of sp³-hybridized carbons (Fsp3) is 0.407. The van der Waals surface area contributed by atoms with Crippen LogP contribution in [0.4, 0.5) is 4.39 Å². The Morgan fingerprint density at radius 1 is 1.11 bits per heavy atom. The van der Waals surface area contributed by atoms with E-state index in [1.165, 1.54) is 19.1 Å². The minimum atomic E-state index is -0.808. The van der Waals surface area contributed by atoms with Gasteiger partial charge >= 0.3 is 0 Å². The summed E-state index contributed by atoms with van der Waals surface area (Å²) in [6.07, 6.45) is 0.675. The van der Waals surface area contributed by atoms with Gasteiger partial charge in [0, 0.05) is 31.4 Å². The predicted molar refractivity (Wildman–Crippen MR) is 135 cm³/mol. The number of halogens is 1. The van der Waals surface area contributed by atoms with Gasteiger partial charge in [-0.3, -0.25) is 19.1 Å². The molecule has 4 rings (SSSR count). The summed E-state index contributed by atoms with van der Waals surface area (Å²) in [7, 11) is 0. The van der Waals surface area contributed by atoms with Crippen molar-refractivity contribution in [3.05, 3.63) is 65.6 Å². The van der Waals surface area contributed by atoms with Crippen LogP contribution in [-0.4, -0.2) is 57.6 Å². The number of rotatable bonds is 6. The van der Waals surface area contributed by atoms with Crippen molar-refractivity contribution in [3.8, 4) is 0 Å². The summed E-state index contributed by atoms with van der Waals surface area (Å²) in [6.45, 7) is 8.61. The highest BCUT2D eigenvalue weighted by atomic mass is 19.1. The van der Waals surface area contributed by atoms with Gasteiger partial charge in [0.1, 0.15) is 11.9 Å². The third-order valence-electron chi connectivity index (χ3n) is 6.50. The maximum atomic E-state index is 13.4. The van der Waals surface area contributed by atoms with Gasteiger partial charge in [0.05, 0.1) is 12.1 Å². The molecule has 2 N–H and O–H groups in total. The molecule has 0 bridgehead atoms. The molecule has 8 nitrogen and oxygen atoms in total. The van der Waals surface area contributed by atoms with Crippen LogP contribution >= 0.6 is 0 Å². The first-order valence-electron chi connectivity index (χ1n) is 12.1. The van der Waals surface area contributed by atoms with Crippen LogP contribution in [0, 0.1) is 11.2 Å². The molecule has 3 amide bonds. The Balaban J connectivity index is 1.55. The fourth-order valence-corrected chi connectivity index (χ4v) is 4.50. The zero-order valence-corrected chi connectivity index (χ0v) is 21.0. The summed E-state index contributed by atoms with van der Waals surface area (Å²) in [5.74, 6) is -1.07. The van der Waals surface area contributed by atoms with E-state index in [-0.39, 0.29) is 29.4 Å². The molecule has 1 aromatic heterocycles. The van der Waals surface area contributed by atoms with Crippen molar-refractivity contribution in [2.24, 2.45) is 5.41 Å². The quantitative estimate of drug-likeness (QED) is 0.552. The van der Waals surface area contributed by atoms with E-state index in [4.69, 9.17) is 0 Å². The molecular weight excluding hydrogens is 461 g/mol. The zero-order chi connectivity index (χ0) is 26.0. The lowest BCUT2D eigenvalue weighted by Gasteiger charge is -2.31. The van der Waals surface area contributed by atoms with Crippen molar-refractivity contribution in [3.63, 3.8) is 0 Å². The van der Waals surface area contributed by atoms with Gasteiger partial charge in [0.25, 0.3) is 5.91 Å². The van der Waals surface area contributed by atoms with E-state index in [1.807, 2.05) is 45.0 Å². The standard InChI is InChI=1S/C27H32FN5O3/c1-17(34)32-14-13-20(16-32)29-26(36)24(27(2,3)4)30-25(35)23-21-7-5-6-8-22(21)33(31-23)15-18-9-11-19(28)12-10-18/h5-12,20,24H,13-16H2,1-4H3,(H,29,36)(H,30,35)/t20?,24-/m1/s1. The molecule has 2 atom stereocenters. The van der Waals surface area contributed by atoms with Gasteiger partial charge in [0.15, 0.2) is 5.69 Å². The molecule has 1 aliphatic rings. The van der Waals surface area contributed by atoms with Crippen molar-refractivity contribution in [2.75, 3.05) is 13.1 Å². The van der Waals surface area contributed by atoms with Crippen molar-refractivity contribution in [1.82, 2.24) is 25.3 Å². The third kappa shape index (κ3) is 5.56. The lowest BCUT2D eigenvalue weighted by molar-refractivity contribution is -0.129. The largest absolute Gasteiger partial charge is 0.350 e. The monoisotopic (exact) mass is 493 g/mol. The summed E-state index contributed by atoms with van der Waals surface area (Å²) in [6, 6.07) is 12.6. The molecule has 190 valence electrons. The maximum absolute atomic E-state index is 13.4. The van der Waals surface area contributed by atoms with Crippen molar-refractivity contribution >= 4 is 28.6 Å². The van der Waals surface area contributed by atoms with Gasteiger partial charge in [-0.1, -0.05) is 51.1 Å². The van der Waals surface area contributed by atoms with Gasteiger partial charge in [-0.2, -0.15) is 5.10 Å². The van der Waals surface area contributed by atoms with Crippen molar-refractivity contribution in [1.29, 1.82) is 0 Å². The number of carbonyl (C=O) groups is 3. The van der Waals surface area contributed by atoms with Gasteiger partial charge in [-0.15, -0.1) is 0 Å². The lowest BCUT2D eigenvalue weighted by atomic mass is 9.85. The van der Waals surface area contributed by atoms with Crippen LogP contribution in [0.25, 0.3) is 10.9 Å².